The summed E-state index contributed by atoms with van der Waals surface area (Å²) in [5.74, 6) is 0.298. The molecule has 0 radical (unpaired) electrons. The summed E-state index contributed by atoms with van der Waals surface area (Å²) >= 11 is 0. The first-order valence-corrected chi connectivity index (χ1v) is 6.67. The maximum absolute atomic E-state index is 12.9. The molecule has 1 aliphatic rings. The van der Waals surface area contributed by atoms with Crippen molar-refractivity contribution in [2.24, 2.45) is 11.7 Å². The molecule has 0 aromatic carbocycles. The number of halogens is 1. The summed E-state index contributed by atoms with van der Waals surface area (Å²) in [6, 6.07) is 3.96. The van der Waals surface area contributed by atoms with Gasteiger partial charge in [0.15, 0.2) is 0 Å². The van der Waals surface area contributed by atoms with Gasteiger partial charge >= 0.3 is 0 Å². The fraction of sp³-hybridized carbons (Fsp3) is 0.643. The van der Waals surface area contributed by atoms with E-state index in [9.17, 15) is 4.39 Å². The van der Waals surface area contributed by atoms with Crippen molar-refractivity contribution >= 4 is 0 Å². The molecule has 0 bridgehead atoms. The lowest BCUT2D eigenvalue weighted by molar-refractivity contribution is 0.149. The highest BCUT2D eigenvalue weighted by Crippen LogP contribution is 2.32. The molecule has 0 spiro atoms. The van der Waals surface area contributed by atoms with Crippen molar-refractivity contribution in [3.8, 4) is 0 Å². The van der Waals surface area contributed by atoms with Gasteiger partial charge in [-0.25, -0.2) is 4.39 Å². The van der Waals surface area contributed by atoms with E-state index in [0.717, 1.165) is 12.2 Å². The molecule has 0 saturated heterocycles. The van der Waals surface area contributed by atoms with E-state index >= 15 is 0 Å². The van der Waals surface area contributed by atoms with Crippen LogP contribution < -0.4 is 5.73 Å². The van der Waals surface area contributed by atoms with Gasteiger partial charge in [-0.2, -0.15) is 0 Å². The van der Waals surface area contributed by atoms with E-state index in [-0.39, 0.29) is 11.9 Å². The lowest BCUT2D eigenvalue weighted by Gasteiger charge is -2.33. The van der Waals surface area contributed by atoms with Crippen LogP contribution in [-0.4, -0.2) is 29.5 Å². The maximum atomic E-state index is 12.9. The van der Waals surface area contributed by atoms with Crippen LogP contribution in [0.15, 0.2) is 18.3 Å². The number of hydrogen-bond donors (Lipinski definition) is 1. The van der Waals surface area contributed by atoms with Crippen molar-refractivity contribution < 1.29 is 4.39 Å². The second-order valence-corrected chi connectivity index (χ2v) is 5.24. The lowest BCUT2D eigenvalue weighted by atomic mass is 10.0. The molecule has 1 aliphatic carbocycles. The summed E-state index contributed by atoms with van der Waals surface area (Å²) in [4.78, 5) is 6.51. The summed E-state index contributed by atoms with van der Waals surface area (Å²) in [5.41, 5.74) is 6.75. The van der Waals surface area contributed by atoms with E-state index in [2.05, 4.69) is 23.9 Å². The van der Waals surface area contributed by atoms with Gasteiger partial charge in [-0.15, -0.1) is 0 Å². The zero-order valence-electron chi connectivity index (χ0n) is 11.1. The predicted molar refractivity (Wildman–Crippen MR) is 70.6 cm³/mol. The SMILES string of the molecule is CC(c1ccc(F)cn1)N(C)C1CCCC1CN. The van der Waals surface area contributed by atoms with E-state index < -0.39 is 0 Å². The first-order valence-electron chi connectivity index (χ1n) is 6.67. The largest absolute Gasteiger partial charge is 0.330 e. The Kier molecular flexibility index (Phi) is 4.30. The Labute approximate surface area is 108 Å². The van der Waals surface area contributed by atoms with Crippen LogP contribution in [0.1, 0.15) is 37.9 Å². The molecular formula is C14H22FN3. The third-order valence-corrected chi connectivity index (χ3v) is 4.23. The molecule has 1 aromatic rings. The smallest absolute Gasteiger partial charge is 0.141 e. The minimum Gasteiger partial charge on any atom is -0.330 e. The van der Waals surface area contributed by atoms with Crippen LogP contribution in [0.2, 0.25) is 0 Å². The van der Waals surface area contributed by atoms with Crippen LogP contribution in [0.5, 0.6) is 0 Å². The molecule has 1 fully saturated rings. The highest BCUT2D eigenvalue weighted by molar-refractivity contribution is 5.09. The summed E-state index contributed by atoms with van der Waals surface area (Å²) in [7, 11) is 2.12. The molecule has 3 nitrogen and oxygen atoms in total. The van der Waals surface area contributed by atoms with E-state index in [1.54, 1.807) is 6.07 Å². The summed E-state index contributed by atoms with van der Waals surface area (Å²) < 4.78 is 12.9. The molecule has 1 saturated carbocycles. The quantitative estimate of drug-likeness (QED) is 0.893. The second kappa shape index (κ2) is 5.76. The zero-order valence-corrected chi connectivity index (χ0v) is 11.1. The molecule has 0 aliphatic heterocycles. The third kappa shape index (κ3) is 2.70. The van der Waals surface area contributed by atoms with Gasteiger partial charge in [0.25, 0.3) is 0 Å². The fourth-order valence-electron chi connectivity index (χ4n) is 2.96. The number of aromatic nitrogens is 1. The molecule has 18 heavy (non-hydrogen) atoms. The topological polar surface area (TPSA) is 42.2 Å². The molecule has 2 rings (SSSR count). The molecule has 3 unspecified atom stereocenters. The monoisotopic (exact) mass is 251 g/mol. The number of rotatable bonds is 4. The fourth-order valence-corrected chi connectivity index (χ4v) is 2.96. The average molecular weight is 251 g/mol. The summed E-state index contributed by atoms with van der Waals surface area (Å²) in [5, 5.41) is 0. The zero-order chi connectivity index (χ0) is 13.1. The normalized spacial score (nSPS) is 25.6. The van der Waals surface area contributed by atoms with E-state index in [4.69, 9.17) is 5.73 Å². The van der Waals surface area contributed by atoms with Gasteiger partial charge in [0, 0.05) is 12.1 Å². The van der Waals surface area contributed by atoms with Crippen molar-refractivity contribution in [2.45, 2.75) is 38.3 Å². The molecule has 100 valence electrons. The highest BCUT2D eigenvalue weighted by Gasteiger charge is 2.32. The first-order chi connectivity index (χ1) is 8.63. The van der Waals surface area contributed by atoms with Gasteiger partial charge < -0.3 is 5.73 Å². The van der Waals surface area contributed by atoms with Crippen molar-refractivity contribution in [1.82, 2.24) is 9.88 Å². The van der Waals surface area contributed by atoms with Gasteiger partial charge in [0.05, 0.1) is 11.9 Å². The highest BCUT2D eigenvalue weighted by atomic mass is 19.1. The molecule has 3 atom stereocenters. The Balaban J connectivity index is 2.08. The number of hydrogen-bond acceptors (Lipinski definition) is 3. The van der Waals surface area contributed by atoms with E-state index in [0.29, 0.717) is 12.0 Å². The Hall–Kier alpha value is -1.00. The minimum absolute atomic E-state index is 0.197. The van der Waals surface area contributed by atoms with Gasteiger partial charge in [-0.05, 0) is 51.4 Å². The van der Waals surface area contributed by atoms with Crippen molar-refractivity contribution in [3.05, 3.63) is 29.8 Å². The number of nitrogens with two attached hydrogens (primary N) is 1. The van der Waals surface area contributed by atoms with Crippen LogP contribution in [0, 0.1) is 11.7 Å². The number of pyridine rings is 1. The van der Waals surface area contributed by atoms with Gasteiger partial charge in [-0.1, -0.05) is 6.42 Å². The minimum atomic E-state index is -0.283. The average Bonchev–Trinajstić information content (AvgIpc) is 2.86. The van der Waals surface area contributed by atoms with Crippen LogP contribution >= 0.6 is 0 Å². The Morgan fingerprint density at radius 1 is 1.50 bits per heavy atom. The molecule has 2 N–H and O–H groups in total. The second-order valence-electron chi connectivity index (χ2n) is 5.24. The summed E-state index contributed by atoms with van der Waals surface area (Å²) in [6.45, 7) is 2.87. The molecule has 1 aromatic heterocycles. The Morgan fingerprint density at radius 2 is 2.28 bits per heavy atom. The van der Waals surface area contributed by atoms with Gasteiger partial charge in [-0.3, -0.25) is 9.88 Å². The van der Waals surface area contributed by atoms with E-state index in [1.165, 1.54) is 31.5 Å². The lowest BCUT2D eigenvalue weighted by Crippen LogP contribution is -2.39. The first kappa shape index (κ1) is 13.4. The molecule has 1 heterocycles. The summed E-state index contributed by atoms with van der Waals surface area (Å²) in [6.07, 6.45) is 4.95. The van der Waals surface area contributed by atoms with Gasteiger partial charge in [0.1, 0.15) is 5.82 Å². The molecule has 4 heteroatoms. The number of nitrogens with zero attached hydrogens (tertiary/aromatic N) is 2. The van der Waals surface area contributed by atoms with Crippen LogP contribution in [-0.2, 0) is 0 Å². The van der Waals surface area contributed by atoms with Crippen molar-refractivity contribution in [1.29, 1.82) is 0 Å². The van der Waals surface area contributed by atoms with Crippen molar-refractivity contribution in [2.75, 3.05) is 13.6 Å². The van der Waals surface area contributed by atoms with Crippen LogP contribution in [0.25, 0.3) is 0 Å². The molecular weight excluding hydrogens is 229 g/mol. The molecule has 0 amide bonds. The maximum Gasteiger partial charge on any atom is 0.141 e. The Morgan fingerprint density at radius 3 is 2.89 bits per heavy atom. The Bertz CT molecular complexity index is 379. The third-order valence-electron chi connectivity index (χ3n) is 4.23. The van der Waals surface area contributed by atoms with Gasteiger partial charge in [0.2, 0.25) is 0 Å². The van der Waals surface area contributed by atoms with Crippen molar-refractivity contribution in [3.63, 3.8) is 0 Å². The van der Waals surface area contributed by atoms with Crippen LogP contribution in [0.4, 0.5) is 4.39 Å². The standard InChI is InChI=1S/C14H22FN3/c1-10(13-7-6-12(15)9-17-13)18(2)14-5-3-4-11(14)8-16/h6-7,9-11,14H,3-5,8,16H2,1-2H3. The van der Waals surface area contributed by atoms with E-state index in [1.807, 2.05) is 0 Å². The predicted octanol–water partition coefficient (Wildman–Crippen LogP) is 2.34. The van der Waals surface area contributed by atoms with Crippen LogP contribution in [0.3, 0.4) is 0 Å².